The van der Waals surface area contributed by atoms with Gasteiger partial charge in [-0.05, 0) is 18.2 Å². The van der Waals surface area contributed by atoms with E-state index < -0.39 is 0 Å². The van der Waals surface area contributed by atoms with Gasteiger partial charge in [0.05, 0.1) is 36.3 Å². The lowest BCUT2D eigenvalue weighted by Crippen LogP contribution is -2.27. The summed E-state index contributed by atoms with van der Waals surface area (Å²) >= 11 is 0. The van der Waals surface area contributed by atoms with E-state index in [2.05, 4.69) is 31.2 Å². The number of pyridine rings is 2. The lowest BCUT2D eigenvalue weighted by Gasteiger charge is -2.16. The lowest BCUT2D eigenvalue weighted by molar-refractivity contribution is -0.115. The van der Waals surface area contributed by atoms with Crippen LogP contribution in [0, 0.1) is 0 Å². The zero-order valence-electron chi connectivity index (χ0n) is 11.6. The Bertz CT molecular complexity index is 656. The number of carbonyl (C=O) groups is 2. The van der Waals surface area contributed by atoms with Crippen molar-refractivity contribution in [2.45, 2.75) is 0 Å². The zero-order valence-corrected chi connectivity index (χ0v) is 11.6. The summed E-state index contributed by atoms with van der Waals surface area (Å²) in [6.07, 6.45) is 4.99. The molecule has 0 spiro atoms. The average Bonchev–Trinajstić information content (AvgIpc) is 2.55. The number of carbonyl (C=O) groups excluding carboxylic acids is 2. The maximum absolute atomic E-state index is 10.8. The molecule has 0 saturated carbocycles. The third-order valence-electron chi connectivity index (χ3n) is 3.03. The molecule has 8 nitrogen and oxygen atoms in total. The van der Waals surface area contributed by atoms with Crippen LogP contribution in [-0.4, -0.2) is 34.9 Å². The topological polar surface area (TPSA) is 108 Å². The van der Waals surface area contributed by atoms with E-state index in [4.69, 9.17) is 0 Å². The van der Waals surface area contributed by atoms with Crippen LogP contribution in [0.5, 0.6) is 0 Å². The number of nitrogens with one attached hydrogen (secondary N) is 4. The van der Waals surface area contributed by atoms with E-state index in [1.165, 1.54) is 0 Å². The number of nitrogens with zero attached hydrogens (tertiary/aromatic N) is 2. The van der Waals surface area contributed by atoms with E-state index in [1.807, 2.05) is 12.1 Å². The number of amides is 2. The summed E-state index contributed by atoms with van der Waals surface area (Å²) in [6.45, 7) is 0.654. The fraction of sp³-hybridized carbons (Fsp3) is 0.143. The van der Waals surface area contributed by atoms with Crippen LogP contribution < -0.4 is 21.3 Å². The van der Waals surface area contributed by atoms with Crippen molar-refractivity contribution in [1.29, 1.82) is 0 Å². The van der Waals surface area contributed by atoms with Crippen molar-refractivity contribution in [2.24, 2.45) is 0 Å². The van der Waals surface area contributed by atoms with E-state index in [-0.39, 0.29) is 11.8 Å². The van der Waals surface area contributed by atoms with Crippen molar-refractivity contribution in [1.82, 2.24) is 9.97 Å². The van der Waals surface area contributed by atoms with Gasteiger partial charge < -0.3 is 21.3 Å². The molecular weight excluding hydrogens is 284 g/mol. The number of aromatic nitrogens is 2. The van der Waals surface area contributed by atoms with Crippen LogP contribution in [0.15, 0.2) is 36.8 Å². The maximum atomic E-state index is 10.8. The number of hydrogen-bond acceptors (Lipinski definition) is 6. The minimum atomic E-state index is -0.0227. The highest BCUT2D eigenvalue weighted by molar-refractivity contribution is 6.00. The van der Waals surface area contributed by atoms with Crippen LogP contribution in [0.2, 0.25) is 0 Å². The second kappa shape index (κ2) is 6.08. The minimum absolute atomic E-state index is 0.0227. The third kappa shape index (κ3) is 3.11. The Kier molecular flexibility index (Phi) is 3.82. The van der Waals surface area contributed by atoms with E-state index in [0.29, 0.717) is 13.1 Å². The first-order valence-corrected chi connectivity index (χ1v) is 6.69. The Labute approximate surface area is 126 Å². The van der Waals surface area contributed by atoms with Gasteiger partial charge in [-0.15, -0.1) is 0 Å². The second-order valence-electron chi connectivity index (χ2n) is 4.62. The highest BCUT2D eigenvalue weighted by Crippen LogP contribution is 2.21. The summed E-state index contributed by atoms with van der Waals surface area (Å²) in [6, 6.07) is 5.42. The monoisotopic (exact) mass is 298 g/mol. The van der Waals surface area contributed by atoms with Gasteiger partial charge in [0.25, 0.3) is 0 Å². The molecular formula is C14H14N6O2. The van der Waals surface area contributed by atoms with E-state index in [9.17, 15) is 9.59 Å². The molecule has 2 amide bonds. The van der Waals surface area contributed by atoms with Gasteiger partial charge in [0.15, 0.2) is 0 Å². The van der Waals surface area contributed by atoms with Crippen molar-refractivity contribution in [3.63, 3.8) is 0 Å². The molecule has 112 valence electrons. The predicted molar refractivity (Wildman–Crippen MR) is 82.7 cm³/mol. The van der Waals surface area contributed by atoms with Gasteiger partial charge in [-0.1, -0.05) is 0 Å². The van der Waals surface area contributed by atoms with Crippen LogP contribution in [0.3, 0.4) is 0 Å². The number of hydrogen-bond donors (Lipinski definition) is 4. The van der Waals surface area contributed by atoms with Crippen molar-refractivity contribution in [3.05, 3.63) is 36.8 Å². The molecule has 2 aliphatic rings. The normalized spacial score (nSPS) is 14.7. The van der Waals surface area contributed by atoms with Crippen LogP contribution in [0.25, 0.3) is 0 Å². The van der Waals surface area contributed by atoms with Gasteiger partial charge in [0, 0.05) is 12.4 Å². The quantitative estimate of drug-likeness (QED) is 0.575. The van der Waals surface area contributed by atoms with Crippen molar-refractivity contribution in [2.75, 3.05) is 34.4 Å². The van der Waals surface area contributed by atoms with Crippen LogP contribution >= 0.6 is 0 Å². The first-order chi connectivity index (χ1) is 10.7. The van der Waals surface area contributed by atoms with Gasteiger partial charge in [-0.25, -0.2) is 4.98 Å². The van der Waals surface area contributed by atoms with Gasteiger partial charge in [0.1, 0.15) is 5.82 Å². The van der Waals surface area contributed by atoms with E-state index in [1.54, 1.807) is 24.7 Å². The molecule has 0 atom stereocenters. The number of fused-ring (bicyclic) bond motifs is 2. The Hall–Kier alpha value is -3.16. The van der Waals surface area contributed by atoms with Crippen molar-refractivity contribution in [3.8, 4) is 0 Å². The van der Waals surface area contributed by atoms with Crippen molar-refractivity contribution < 1.29 is 9.59 Å². The molecule has 0 unspecified atom stereocenters. The Morgan fingerprint density at radius 2 is 1.64 bits per heavy atom. The molecule has 4 N–H and O–H groups in total. The molecule has 0 saturated heterocycles. The summed E-state index contributed by atoms with van der Waals surface area (Å²) in [5.74, 6) is 0.697. The summed E-state index contributed by atoms with van der Waals surface area (Å²) in [5.41, 5.74) is 2.44. The minimum Gasteiger partial charge on any atom is -0.374 e. The van der Waals surface area contributed by atoms with Crippen LogP contribution in [-0.2, 0) is 9.59 Å². The van der Waals surface area contributed by atoms with Crippen LogP contribution in [0.4, 0.5) is 22.9 Å². The SMILES string of the molecule is O=C1CNc2ccncc2N1.O=C1CNc2ncccc2N1. The van der Waals surface area contributed by atoms with Crippen LogP contribution in [0.1, 0.15) is 0 Å². The zero-order chi connectivity index (χ0) is 15.4. The molecule has 2 aromatic rings. The second-order valence-corrected chi connectivity index (χ2v) is 4.62. The number of anilines is 4. The third-order valence-corrected chi connectivity index (χ3v) is 3.03. The van der Waals surface area contributed by atoms with Gasteiger partial charge >= 0.3 is 0 Å². The molecule has 0 fully saturated rings. The summed E-state index contributed by atoms with van der Waals surface area (Å²) < 4.78 is 0. The average molecular weight is 298 g/mol. The van der Waals surface area contributed by atoms with Crippen molar-refractivity contribution >= 4 is 34.7 Å². The van der Waals surface area contributed by atoms with Gasteiger partial charge in [-0.3, -0.25) is 14.6 Å². The highest BCUT2D eigenvalue weighted by atomic mass is 16.2. The molecule has 0 aromatic carbocycles. The van der Waals surface area contributed by atoms with Gasteiger partial charge in [-0.2, -0.15) is 0 Å². The molecule has 4 heterocycles. The molecule has 22 heavy (non-hydrogen) atoms. The lowest BCUT2D eigenvalue weighted by atomic mass is 10.3. The smallest absolute Gasteiger partial charge is 0.243 e. The largest absolute Gasteiger partial charge is 0.374 e. The molecule has 4 rings (SSSR count). The summed E-state index contributed by atoms with van der Waals surface area (Å²) in [7, 11) is 0. The van der Waals surface area contributed by atoms with E-state index in [0.717, 1.165) is 22.9 Å². The molecule has 0 bridgehead atoms. The first kappa shape index (κ1) is 13.8. The highest BCUT2D eigenvalue weighted by Gasteiger charge is 2.13. The Morgan fingerprint density at radius 3 is 2.50 bits per heavy atom. The fourth-order valence-electron chi connectivity index (χ4n) is 2.02. The Balaban J connectivity index is 0.000000131. The summed E-state index contributed by atoms with van der Waals surface area (Å²) in [5, 5.41) is 11.2. The maximum Gasteiger partial charge on any atom is 0.243 e. The van der Waals surface area contributed by atoms with E-state index >= 15 is 0 Å². The molecule has 0 radical (unpaired) electrons. The standard InChI is InChI=1S/2C7H7N3O/c11-7-4-9-5-1-2-8-3-6(5)10-7;11-6-4-9-7-5(10-6)2-1-3-8-7/h1-3,9H,4H2,(H,10,11);1-3H,4H2,(H,8,9)(H,10,11). The Morgan fingerprint density at radius 1 is 0.864 bits per heavy atom. The first-order valence-electron chi connectivity index (χ1n) is 6.69. The fourth-order valence-corrected chi connectivity index (χ4v) is 2.02. The molecule has 2 aromatic heterocycles. The number of rotatable bonds is 0. The summed E-state index contributed by atoms with van der Waals surface area (Å²) in [4.78, 5) is 29.6. The molecule has 0 aliphatic carbocycles. The predicted octanol–water partition coefficient (Wildman–Crippen LogP) is 0.891. The molecule has 2 aliphatic heterocycles. The molecule has 8 heteroatoms. The van der Waals surface area contributed by atoms with Gasteiger partial charge in [0.2, 0.25) is 11.8 Å².